The Morgan fingerprint density at radius 1 is 1.20 bits per heavy atom. The van der Waals surface area contributed by atoms with E-state index >= 15 is 0 Å². The van der Waals surface area contributed by atoms with Crippen LogP contribution in [0.1, 0.15) is 34.2 Å². The molecule has 2 aromatic heterocycles. The number of ketones is 1. The summed E-state index contributed by atoms with van der Waals surface area (Å²) in [6, 6.07) is 10.8. The molecule has 3 heterocycles. The van der Waals surface area contributed by atoms with Gasteiger partial charge in [0.15, 0.2) is 0 Å². The summed E-state index contributed by atoms with van der Waals surface area (Å²) < 4.78 is 7.12. The van der Waals surface area contributed by atoms with Crippen LogP contribution in [0.4, 0.5) is 10.5 Å². The van der Waals surface area contributed by atoms with Gasteiger partial charge in [-0.2, -0.15) is 0 Å². The second-order valence-electron chi connectivity index (χ2n) is 7.44. The summed E-state index contributed by atoms with van der Waals surface area (Å²) in [5.41, 5.74) is 4.38. The summed E-state index contributed by atoms with van der Waals surface area (Å²) in [7, 11) is 0. The number of hydrogen-bond acceptors (Lipinski definition) is 5. The SMILES string of the molecule is CC(=O)NC[C@H]1CN(c2ccc(C(=O)c3cnc4cc(C)cc(C)n34)cc2)C(=O)O1. The molecule has 1 N–H and O–H groups in total. The van der Waals surface area contributed by atoms with Crippen molar-refractivity contribution in [3.05, 3.63) is 65.1 Å². The maximum Gasteiger partial charge on any atom is 0.414 e. The first-order valence-electron chi connectivity index (χ1n) is 9.65. The number of imidazole rings is 1. The van der Waals surface area contributed by atoms with Crippen molar-refractivity contribution in [1.82, 2.24) is 14.7 Å². The van der Waals surface area contributed by atoms with Gasteiger partial charge in [0, 0.05) is 23.9 Å². The fourth-order valence-corrected chi connectivity index (χ4v) is 3.68. The number of aryl methyl sites for hydroxylation is 2. The third kappa shape index (κ3) is 3.63. The van der Waals surface area contributed by atoms with E-state index in [4.69, 9.17) is 4.74 Å². The molecule has 0 spiro atoms. The third-order valence-electron chi connectivity index (χ3n) is 5.06. The highest BCUT2D eigenvalue weighted by Gasteiger charge is 2.32. The molecule has 0 aliphatic carbocycles. The van der Waals surface area contributed by atoms with Gasteiger partial charge in [0.1, 0.15) is 17.4 Å². The highest BCUT2D eigenvalue weighted by atomic mass is 16.6. The van der Waals surface area contributed by atoms with Crippen molar-refractivity contribution in [2.24, 2.45) is 0 Å². The number of carbonyl (C=O) groups is 3. The fourth-order valence-electron chi connectivity index (χ4n) is 3.68. The van der Waals surface area contributed by atoms with E-state index in [-0.39, 0.29) is 18.2 Å². The number of nitrogens with zero attached hydrogens (tertiary/aromatic N) is 3. The molecule has 1 aromatic carbocycles. The molecule has 1 aliphatic rings. The summed E-state index contributed by atoms with van der Waals surface area (Å²) in [5.74, 6) is -0.321. The number of ether oxygens (including phenoxy) is 1. The molecule has 3 aromatic rings. The van der Waals surface area contributed by atoms with Crippen LogP contribution in [0.25, 0.3) is 5.65 Å². The average molecular weight is 406 g/mol. The molecule has 0 unspecified atom stereocenters. The average Bonchev–Trinajstić information content (AvgIpc) is 3.29. The number of benzene rings is 1. The largest absolute Gasteiger partial charge is 0.442 e. The first-order valence-corrected chi connectivity index (χ1v) is 9.65. The molecule has 2 amide bonds. The Hall–Kier alpha value is -3.68. The van der Waals surface area contributed by atoms with Gasteiger partial charge in [-0.05, 0) is 55.8 Å². The molecule has 0 radical (unpaired) electrons. The Morgan fingerprint density at radius 3 is 2.63 bits per heavy atom. The molecule has 0 bridgehead atoms. The number of cyclic esters (lactones) is 1. The Morgan fingerprint density at radius 2 is 1.93 bits per heavy atom. The lowest BCUT2D eigenvalue weighted by molar-refractivity contribution is -0.119. The van der Waals surface area contributed by atoms with Gasteiger partial charge in [0.2, 0.25) is 11.7 Å². The van der Waals surface area contributed by atoms with E-state index in [9.17, 15) is 14.4 Å². The lowest BCUT2D eigenvalue weighted by Crippen LogP contribution is -2.33. The third-order valence-corrected chi connectivity index (χ3v) is 5.06. The van der Waals surface area contributed by atoms with E-state index in [1.807, 2.05) is 30.4 Å². The van der Waals surface area contributed by atoms with Crippen molar-refractivity contribution < 1.29 is 19.1 Å². The smallest absolute Gasteiger partial charge is 0.414 e. The molecule has 1 aliphatic heterocycles. The van der Waals surface area contributed by atoms with E-state index in [2.05, 4.69) is 10.3 Å². The molecular formula is C22H22N4O4. The summed E-state index contributed by atoms with van der Waals surface area (Å²) in [6.45, 7) is 5.94. The van der Waals surface area contributed by atoms with Gasteiger partial charge in [0.25, 0.3) is 0 Å². The lowest BCUT2D eigenvalue weighted by Gasteiger charge is -2.13. The molecule has 0 saturated carbocycles. The minimum Gasteiger partial charge on any atom is -0.442 e. The van der Waals surface area contributed by atoms with Gasteiger partial charge in [-0.3, -0.25) is 18.9 Å². The fraction of sp³-hybridized carbons (Fsp3) is 0.273. The molecule has 1 saturated heterocycles. The normalized spacial score (nSPS) is 16.0. The van der Waals surface area contributed by atoms with Gasteiger partial charge in [-0.15, -0.1) is 0 Å². The Labute approximate surface area is 173 Å². The summed E-state index contributed by atoms with van der Waals surface area (Å²) >= 11 is 0. The number of fused-ring (bicyclic) bond motifs is 1. The number of hydrogen-bond donors (Lipinski definition) is 1. The van der Waals surface area contributed by atoms with Crippen LogP contribution >= 0.6 is 0 Å². The number of pyridine rings is 1. The van der Waals surface area contributed by atoms with E-state index in [0.29, 0.717) is 23.5 Å². The summed E-state index contributed by atoms with van der Waals surface area (Å²) in [4.78, 5) is 42.1. The van der Waals surface area contributed by atoms with Crippen LogP contribution in [0.15, 0.2) is 42.6 Å². The van der Waals surface area contributed by atoms with Crippen LogP contribution in [-0.2, 0) is 9.53 Å². The zero-order chi connectivity index (χ0) is 21.4. The zero-order valence-corrected chi connectivity index (χ0v) is 17.0. The van der Waals surface area contributed by atoms with Crippen molar-refractivity contribution >= 4 is 29.1 Å². The molecule has 154 valence electrons. The molecule has 1 fully saturated rings. The molecule has 4 rings (SSSR count). The van der Waals surface area contributed by atoms with Crippen LogP contribution in [0.5, 0.6) is 0 Å². The van der Waals surface area contributed by atoms with Crippen LogP contribution < -0.4 is 10.2 Å². The second-order valence-corrected chi connectivity index (χ2v) is 7.44. The van der Waals surface area contributed by atoms with E-state index in [0.717, 1.165) is 16.9 Å². The van der Waals surface area contributed by atoms with Crippen LogP contribution in [-0.4, -0.2) is 46.4 Å². The summed E-state index contributed by atoms with van der Waals surface area (Å²) in [5, 5.41) is 2.65. The Bertz CT molecular complexity index is 1150. The number of nitrogens with one attached hydrogen (secondary N) is 1. The number of rotatable bonds is 5. The van der Waals surface area contributed by atoms with Crippen LogP contribution in [0.3, 0.4) is 0 Å². The monoisotopic (exact) mass is 406 g/mol. The van der Waals surface area contributed by atoms with Gasteiger partial charge in [-0.1, -0.05) is 0 Å². The molecule has 8 heteroatoms. The molecule has 1 atom stereocenters. The lowest BCUT2D eigenvalue weighted by atomic mass is 10.1. The van der Waals surface area contributed by atoms with Crippen molar-refractivity contribution in [3.63, 3.8) is 0 Å². The van der Waals surface area contributed by atoms with Crippen molar-refractivity contribution in [2.45, 2.75) is 26.9 Å². The minimum absolute atomic E-state index is 0.145. The summed E-state index contributed by atoms with van der Waals surface area (Å²) in [6.07, 6.45) is 0.701. The van der Waals surface area contributed by atoms with E-state index in [1.54, 1.807) is 30.5 Å². The molecular weight excluding hydrogens is 384 g/mol. The standard InChI is InChI=1S/C22H22N4O4/c1-13-8-14(2)26-19(11-24-20(26)9-13)21(28)16-4-6-17(7-5-16)25-12-18(30-22(25)29)10-23-15(3)27/h4-9,11,18H,10,12H2,1-3H3,(H,23,27)/t18-/m0/s1. The number of anilines is 1. The van der Waals surface area contributed by atoms with Crippen molar-refractivity contribution in [3.8, 4) is 0 Å². The number of aromatic nitrogens is 2. The van der Waals surface area contributed by atoms with E-state index in [1.165, 1.54) is 11.8 Å². The van der Waals surface area contributed by atoms with Gasteiger partial charge in [0.05, 0.1) is 19.3 Å². The maximum atomic E-state index is 13.1. The highest BCUT2D eigenvalue weighted by Crippen LogP contribution is 2.23. The number of amides is 2. The molecule has 30 heavy (non-hydrogen) atoms. The van der Waals surface area contributed by atoms with Crippen molar-refractivity contribution in [1.29, 1.82) is 0 Å². The second kappa shape index (κ2) is 7.62. The first kappa shape index (κ1) is 19.6. The minimum atomic E-state index is -0.475. The molecule has 8 nitrogen and oxygen atoms in total. The zero-order valence-electron chi connectivity index (χ0n) is 17.0. The Balaban J connectivity index is 1.54. The van der Waals surface area contributed by atoms with E-state index < -0.39 is 12.2 Å². The van der Waals surface area contributed by atoms with Gasteiger partial charge < -0.3 is 10.1 Å². The predicted molar refractivity (Wildman–Crippen MR) is 111 cm³/mol. The van der Waals surface area contributed by atoms with Crippen LogP contribution in [0, 0.1) is 13.8 Å². The first-order chi connectivity index (χ1) is 14.3. The quantitative estimate of drug-likeness (QED) is 0.658. The highest BCUT2D eigenvalue weighted by molar-refractivity contribution is 6.08. The topological polar surface area (TPSA) is 93.0 Å². The van der Waals surface area contributed by atoms with Crippen LogP contribution in [0.2, 0.25) is 0 Å². The van der Waals surface area contributed by atoms with Crippen molar-refractivity contribution in [2.75, 3.05) is 18.0 Å². The van der Waals surface area contributed by atoms with Gasteiger partial charge >= 0.3 is 6.09 Å². The predicted octanol–water partition coefficient (Wildman–Crippen LogP) is 2.64. The van der Waals surface area contributed by atoms with Gasteiger partial charge in [-0.25, -0.2) is 9.78 Å². The maximum absolute atomic E-state index is 13.1. The number of carbonyl (C=O) groups excluding carboxylic acids is 3. The Kier molecular flexibility index (Phi) is 4.99.